The molecule has 1 aromatic carbocycles. The lowest BCUT2D eigenvalue weighted by atomic mass is 10.1. The van der Waals surface area contributed by atoms with E-state index in [0.717, 1.165) is 49.6 Å². The average Bonchev–Trinajstić information content (AvgIpc) is 3.23. The molecule has 0 spiro atoms. The molecule has 1 N–H and O–H groups in total. The molecule has 2 heterocycles. The smallest absolute Gasteiger partial charge is 0.117 e. The highest BCUT2D eigenvalue weighted by molar-refractivity contribution is 5.60. The van der Waals surface area contributed by atoms with Crippen LogP contribution in [0.3, 0.4) is 0 Å². The van der Waals surface area contributed by atoms with Gasteiger partial charge in [-0.3, -0.25) is 4.90 Å². The van der Waals surface area contributed by atoms with Crippen LogP contribution in [0.25, 0.3) is 11.3 Å². The van der Waals surface area contributed by atoms with E-state index >= 15 is 0 Å². The second kappa shape index (κ2) is 8.40. The van der Waals surface area contributed by atoms with Crippen molar-refractivity contribution < 1.29 is 0 Å². The van der Waals surface area contributed by atoms with Gasteiger partial charge in [0.15, 0.2) is 0 Å². The van der Waals surface area contributed by atoms with Crippen LogP contribution in [-0.4, -0.2) is 45.6 Å². The first-order chi connectivity index (χ1) is 11.8. The molecule has 2 aromatic rings. The largest absolute Gasteiger partial charge is 0.309 e. The fourth-order valence-corrected chi connectivity index (χ4v) is 3.52. The molecule has 130 valence electrons. The Morgan fingerprint density at radius 1 is 1.17 bits per heavy atom. The number of nitrogens with one attached hydrogen (secondary N) is 1. The summed E-state index contributed by atoms with van der Waals surface area (Å²) in [6.45, 7) is 9.47. The van der Waals surface area contributed by atoms with Gasteiger partial charge in [-0.2, -0.15) is 15.0 Å². The molecule has 24 heavy (non-hydrogen) atoms. The quantitative estimate of drug-likeness (QED) is 0.810. The van der Waals surface area contributed by atoms with Crippen LogP contribution < -0.4 is 5.32 Å². The fourth-order valence-electron chi connectivity index (χ4n) is 3.52. The Balaban J connectivity index is 1.67. The third-order valence-electron chi connectivity index (χ3n) is 4.77. The van der Waals surface area contributed by atoms with Gasteiger partial charge in [0.2, 0.25) is 0 Å². The number of likely N-dealkylation sites (N-methyl/N-ethyl adjacent to an activating group) is 1. The molecule has 1 saturated heterocycles. The number of benzene rings is 1. The van der Waals surface area contributed by atoms with Gasteiger partial charge < -0.3 is 5.32 Å². The first-order valence-corrected chi connectivity index (χ1v) is 9.26. The number of nitrogens with zero attached hydrogens (tertiary/aromatic N) is 4. The molecule has 3 rings (SSSR count). The zero-order valence-electron chi connectivity index (χ0n) is 14.9. The van der Waals surface area contributed by atoms with E-state index in [2.05, 4.69) is 48.3 Å². The summed E-state index contributed by atoms with van der Waals surface area (Å²) in [5, 5.41) is 13.0. The summed E-state index contributed by atoms with van der Waals surface area (Å²) in [6, 6.07) is 11.0. The number of hydrogen-bond acceptors (Lipinski definition) is 4. The molecule has 0 radical (unpaired) electrons. The van der Waals surface area contributed by atoms with Gasteiger partial charge in [0.1, 0.15) is 11.4 Å². The minimum absolute atomic E-state index is 0.667. The van der Waals surface area contributed by atoms with E-state index in [1.165, 1.54) is 19.4 Å². The molecule has 1 aromatic heterocycles. The van der Waals surface area contributed by atoms with Crippen molar-refractivity contribution in [3.8, 4) is 11.3 Å². The molecule has 0 unspecified atom stereocenters. The predicted octanol–water partition coefficient (Wildman–Crippen LogP) is 2.93. The van der Waals surface area contributed by atoms with E-state index < -0.39 is 0 Å². The van der Waals surface area contributed by atoms with Crippen molar-refractivity contribution in [3.63, 3.8) is 0 Å². The maximum atomic E-state index is 4.71. The van der Waals surface area contributed by atoms with Crippen molar-refractivity contribution in [3.05, 3.63) is 36.0 Å². The summed E-state index contributed by atoms with van der Waals surface area (Å²) in [5.74, 6) is 0. The van der Waals surface area contributed by atoms with E-state index in [-0.39, 0.29) is 0 Å². The number of likely N-dealkylation sites (tertiary alicyclic amines) is 1. The highest BCUT2D eigenvalue weighted by Crippen LogP contribution is 2.20. The molecule has 5 nitrogen and oxygen atoms in total. The minimum atomic E-state index is 0.667. The molecular formula is C19H29N5. The maximum Gasteiger partial charge on any atom is 0.117 e. The highest BCUT2D eigenvalue weighted by Gasteiger charge is 2.22. The third kappa shape index (κ3) is 4.02. The normalized spacial score (nSPS) is 18.3. The molecule has 0 aliphatic carbocycles. The molecule has 1 fully saturated rings. The van der Waals surface area contributed by atoms with Gasteiger partial charge in [0.25, 0.3) is 0 Å². The Morgan fingerprint density at radius 3 is 2.75 bits per heavy atom. The Hall–Kier alpha value is -1.72. The van der Waals surface area contributed by atoms with Crippen LogP contribution in [-0.2, 0) is 13.1 Å². The van der Waals surface area contributed by atoms with Gasteiger partial charge in [-0.25, -0.2) is 0 Å². The van der Waals surface area contributed by atoms with Crippen LogP contribution in [0.2, 0.25) is 0 Å². The van der Waals surface area contributed by atoms with Gasteiger partial charge in [-0.1, -0.05) is 44.2 Å². The monoisotopic (exact) mass is 327 g/mol. The van der Waals surface area contributed by atoms with E-state index in [9.17, 15) is 0 Å². The van der Waals surface area contributed by atoms with Gasteiger partial charge in [-0.05, 0) is 32.4 Å². The summed E-state index contributed by atoms with van der Waals surface area (Å²) < 4.78 is 0. The Labute approximate surface area is 145 Å². The second-order valence-electron chi connectivity index (χ2n) is 6.51. The van der Waals surface area contributed by atoms with Gasteiger partial charge in [0, 0.05) is 24.7 Å². The Bertz CT molecular complexity index is 622. The third-order valence-corrected chi connectivity index (χ3v) is 4.77. The van der Waals surface area contributed by atoms with Crippen LogP contribution in [0.15, 0.2) is 30.3 Å². The van der Waals surface area contributed by atoms with Crippen LogP contribution in [0, 0.1) is 0 Å². The Kier molecular flexibility index (Phi) is 5.99. The van der Waals surface area contributed by atoms with E-state index in [4.69, 9.17) is 10.2 Å². The lowest BCUT2D eigenvalue weighted by Gasteiger charge is -2.22. The first kappa shape index (κ1) is 17.1. The molecule has 1 aliphatic rings. The highest BCUT2D eigenvalue weighted by atomic mass is 15.5. The SMILES string of the molecule is CCCn1nc(CNC[C@@H]2CCCN2CC)c(-c2ccccc2)n1. The van der Waals surface area contributed by atoms with Crippen LogP contribution in [0.1, 0.15) is 38.8 Å². The van der Waals surface area contributed by atoms with Gasteiger partial charge in [0.05, 0.1) is 6.54 Å². The minimum Gasteiger partial charge on any atom is -0.309 e. The summed E-state index contributed by atoms with van der Waals surface area (Å²) >= 11 is 0. The van der Waals surface area contributed by atoms with Crippen molar-refractivity contribution in [2.24, 2.45) is 0 Å². The fraction of sp³-hybridized carbons (Fsp3) is 0.579. The van der Waals surface area contributed by atoms with Crippen molar-refractivity contribution >= 4 is 0 Å². The van der Waals surface area contributed by atoms with Crippen molar-refractivity contribution in [1.82, 2.24) is 25.2 Å². The molecule has 0 saturated carbocycles. The van der Waals surface area contributed by atoms with Gasteiger partial charge in [-0.15, -0.1) is 0 Å². The molecule has 5 heteroatoms. The topological polar surface area (TPSA) is 46.0 Å². The molecule has 1 aliphatic heterocycles. The summed E-state index contributed by atoms with van der Waals surface area (Å²) in [4.78, 5) is 4.41. The molecule has 0 bridgehead atoms. The maximum absolute atomic E-state index is 4.71. The number of aromatic nitrogens is 3. The molecule has 1 atom stereocenters. The number of hydrogen-bond donors (Lipinski definition) is 1. The van der Waals surface area contributed by atoms with Crippen LogP contribution in [0.5, 0.6) is 0 Å². The average molecular weight is 327 g/mol. The summed E-state index contributed by atoms with van der Waals surface area (Å²) in [7, 11) is 0. The Morgan fingerprint density at radius 2 is 2.00 bits per heavy atom. The molecular weight excluding hydrogens is 298 g/mol. The van der Waals surface area contributed by atoms with Crippen molar-refractivity contribution in [1.29, 1.82) is 0 Å². The number of aryl methyl sites for hydroxylation is 1. The van der Waals surface area contributed by atoms with E-state index in [1.54, 1.807) is 0 Å². The zero-order chi connectivity index (χ0) is 16.8. The standard InChI is InChI=1S/C19H29N5/c1-3-12-24-21-18(19(22-24)16-9-6-5-7-10-16)15-20-14-17-11-8-13-23(17)4-2/h5-7,9-10,17,20H,3-4,8,11-15H2,1-2H3/t17-/m0/s1. The first-order valence-electron chi connectivity index (χ1n) is 9.26. The van der Waals surface area contributed by atoms with E-state index in [1.807, 2.05) is 10.9 Å². The second-order valence-corrected chi connectivity index (χ2v) is 6.51. The zero-order valence-corrected chi connectivity index (χ0v) is 14.9. The van der Waals surface area contributed by atoms with Crippen molar-refractivity contribution in [2.45, 2.75) is 52.2 Å². The predicted molar refractivity (Wildman–Crippen MR) is 97.7 cm³/mol. The van der Waals surface area contributed by atoms with Crippen LogP contribution >= 0.6 is 0 Å². The molecule has 0 amide bonds. The lowest BCUT2D eigenvalue weighted by Crippen LogP contribution is -2.37. The number of rotatable bonds is 8. The van der Waals surface area contributed by atoms with Crippen LogP contribution in [0.4, 0.5) is 0 Å². The summed E-state index contributed by atoms with van der Waals surface area (Å²) in [6.07, 6.45) is 3.67. The van der Waals surface area contributed by atoms with Crippen molar-refractivity contribution in [2.75, 3.05) is 19.6 Å². The lowest BCUT2D eigenvalue weighted by molar-refractivity contribution is 0.259. The summed E-state index contributed by atoms with van der Waals surface area (Å²) in [5.41, 5.74) is 3.21. The van der Waals surface area contributed by atoms with E-state index in [0.29, 0.717) is 6.04 Å². The van der Waals surface area contributed by atoms with Gasteiger partial charge >= 0.3 is 0 Å².